The fourth-order valence-corrected chi connectivity index (χ4v) is 4.75. The van der Waals surface area contributed by atoms with Crippen LogP contribution in [0.15, 0.2) is 42.6 Å². The van der Waals surface area contributed by atoms with Gasteiger partial charge in [0, 0.05) is 32.8 Å². The summed E-state index contributed by atoms with van der Waals surface area (Å²) in [6.07, 6.45) is 3.98. The van der Waals surface area contributed by atoms with Crippen LogP contribution in [0.1, 0.15) is 43.4 Å². The smallest absolute Gasteiger partial charge is 0.230 e. The number of carbonyl (C=O) groups excluding carboxylic acids is 3. The third kappa shape index (κ3) is 4.93. The first kappa shape index (κ1) is 22.3. The molecule has 2 aliphatic heterocycles. The Balaban J connectivity index is 1.43. The Bertz CT molecular complexity index is 1010. The van der Waals surface area contributed by atoms with Crippen molar-refractivity contribution in [2.45, 2.75) is 38.6 Å². The van der Waals surface area contributed by atoms with Gasteiger partial charge >= 0.3 is 0 Å². The van der Waals surface area contributed by atoms with Crippen molar-refractivity contribution in [1.82, 2.24) is 14.8 Å². The molecule has 168 valence electrons. The van der Waals surface area contributed by atoms with Crippen LogP contribution in [0, 0.1) is 5.92 Å². The van der Waals surface area contributed by atoms with Crippen molar-refractivity contribution >= 4 is 35.1 Å². The molecule has 3 heterocycles. The van der Waals surface area contributed by atoms with E-state index in [4.69, 9.17) is 11.6 Å². The van der Waals surface area contributed by atoms with E-state index in [-0.39, 0.29) is 36.1 Å². The van der Waals surface area contributed by atoms with E-state index in [1.807, 2.05) is 18.2 Å². The zero-order chi connectivity index (χ0) is 22.7. The molecule has 0 radical (unpaired) electrons. The molecule has 3 amide bonds. The maximum atomic E-state index is 13.2. The number of pyridine rings is 1. The molecule has 0 spiro atoms. The summed E-state index contributed by atoms with van der Waals surface area (Å²) in [5.74, 6) is -0.0547. The SMILES string of the molecule is CC(=O)N1CCc2ccccc2C1CC(=O)N1CCCC(C(=O)Nc2ccc(Cl)cn2)C1. The maximum Gasteiger partial charge on any atom is 0.230 e. The van der Waals surface area contributed by atoms with Crippen LogP contribution in [-0.4, -0.2) is 52.1 Å². The molecule has 4 rings (SSSR count). The van der Waals surface area contributed by atoms with E-state index >= 15 is 0 Å². The van der Waals surface area contributed by atoms with Crippen LogP contribution in [-0.2, 0) is 20.8 Å². The summed E-state index contributed by atoms with van der Waals surface area (Å²) in [4.78, 5) is 45.9. The van der Waals surface area contributed by atoms with Gasteiger partial charge < -0.3 is 15.1 Å². The van der Waals surface area contributed by atoms with E-state index in [2.05, 4.69) is 16.4 Å². The first-order valence-electron chi connectivity index (χ1n) is 11.0. The normalized spacial score (nSPS) is 20.4. The average molecular weight is 455 g/mol. The van der Waals surface area contributed by atoms with Crippen molar-refractivity contribution in [2.24, 2.45) is 5.92 Å². The van der Waals surface area contributed by atoms with Crippen LogP contribution >= 0.6 is 11.6 Å². The summed E-state index contributed by atoms with van der Waals surface area (Å²) in [5.41, 5.74) is 2.23. The molecule has 7 nitrogen and oxygen atoms in total. The Morgan fingerprint density at radius 1 is 1.16 bits per heavy atom. The van der Waals surface area contributed by atoms with Crippen molar-refractivity contribution in [2.75, 3.05) is 25.0 Å². The Labute approximate surface area is 192 Å². The summed E-state index contributed by atoms with van der Waals surface area (Å²) in [6, 6.07) is 11.1. The number of nitrogens with one attached hydrogen (secondary N) is 1. The Morgan fingerprint density at radius 3 is 2.72 bits per heavy atom. The van der Waals surface area contributed by atoms with Gasteiger partial charge in [0.1, 0.15) is 5.82 Å². The van der Waals surface area contributed by atoms with E-state index in [0.717, 1.165) is 24.8 Å². The molecular formula is C24H27ClN4O3. The van der Waals surface area contributed by atoms with Crippen LogP contribution in [0.5, 0.6) is 0 Å². The third-order valence-corrected chi connectivity index (χ3v) is 6.53. The molecule has 1 fully saturated rings. The number of piperidine rings is 1. The minimum atomic E-state index is -0.298. The highest BCUT2D eigenvalue weighted by atomic mass is 35.5. The molecule has 2 aliphatic rings. The lowest BCUT2D eigenvalue weighted by molar-refractivity contribution is -0.138. The second-order valence-electron chi connectivity index (χ2n) is 8.41. The van der Waals surface area contributed by atoms with Crippen LogP contribution in [0.3, 0.4) is 0 Å². The summed E-state index contributed by atoms with van der Waals surface area (Å²) in [6.45, 7) is 3.16. The molecular weight excluding hydrogens is 428 g/mol. The number of amides is 3. The van der Waals surface area contributed by atoms with Gasteiger partial charge in [-0.1, -0.05) is 35.9 Å². The van der Waals surface area contributed by atoms with Crippen LogP contribution < -0.4 is 5.32 Å². The number of anilines is 1. The van der Waals surface area contributed by atoms with Crippen LogP contribution in [0.25, 0.3) is 0 Å². The maximum absolute atomic E-state index is 13.2. The Kier molecular flexibility index (Phi) is 6.74. The van der Waals surface area contributed by atoms with E-state index in [9.17, 15) is 14.4 Å². The van der Waals surface area contributed by atoms with Gasteiger partial charge in [0.25, 0.3) is 0 Å². The second kappa shape index (κ2) is 9.69. The van der Waals surface area contributed by atoms with Crippen molar-refractivity contribution in [1.29, 1.82) is 0 Å². The predicted octanol–water partition coefficient (Wildman–Crippen LogP) is 3.45. The number of fused-ring (bicyclic) bond motifs is 1. The lowest BCUT2D eigenvalue weighted by Crippen LogP contribution is -2.46. The number of carbonyl (C=O) groups is 3. The van der Waals surface area contributed by atoms with Gasteiger partial charge in [-0.05, 0) is 42.5 Å². The third-order valence-electron chi connectivity index (χ3n) is 6.31. The summed E-state index contributed by atoms with van der Waals surface area (Å²) >= 11 is 5.85. The Morgan fingerprint density at radius 2 is 1.97 bits per heavy atom. The minimum Gasteiger partial charge on any atom is -0.342 e. The predicted molar refractivity (Wildman–Crippen MR) is 122 cm³/mol. The molecule has 8 heteroatoms. The van der Waals surface area contributed by atoms with E-state index < -0.39 is 0 Å². The first-order valence-corrected chi connectivity index (χ1v) is 11.4. The van der Waals surface area contributed by atoms with Crippen LogP contribution in [0.4, 0.5) is 5.82 Å². The number of nitrogens with zero attached hydrogens (tertiary/aromatic N) is 3. The van der Waals surface area contributed by atoms with E-state index in [1.165, 1.54) is 11.8 Å². The number of likely N-dealkylation sites (tertiary alicyclic amines) is 1. The Hall–Kier alpha value is -2.93. The molecule has 2 aromatic rings. The highest BCUT2D eigenvalue weighted by molar-refractivity contribution is 6.30. The van der Waals surface area contributed by atoms with Gasteiger partial charge in [0.15, 0.2) is 0 Å². The quantitative estimate of drug-likeness (QED) is 0.767. The average Bonchev–Trinajstić information content (AvgIpc) is 2.80. The van der Waals surface area contributed by atoms with Crippen molar-refractivity contribution in [3.05, 3.63) is 58.7 Å². The van der Waals surface area contributed by atoms with Gasteiger partial charge in [0.2, 0.25) is 17.7 Å². The fraction of sp³-hybridized carbons (Fsp3) is 0.417. The molecule has 32 heavy (non-hydrogen) atoms. The number of aromatic nitrogens is 1. The number of hydrogen-bond donors (Lipinski definition) is 1. The summed E-state index contributed by atoms with van der Waals surface area (Å²) < 4.78 is 0. The van der Waals surface area contributed by atoms with Gasteiger partial charge in [-0.25, -0.2) is 4.98 Å². The van der Waals surface area contributed by atoms with Gasteiger partial charge in [-0.3, -0.25) is 14.4 Å². The fourth-order valence-electron chi connectivity index (χ4n) is 4.64. The van der Waals surface area contributed by atoms with Gasteiger partial charge in [-0.2, -0.15) is 0 Å². The molecule has 0 bridgehead atoms. The van der Waals surface area contributed by atoms with Gasteiger partial charge in [-0.15, -0.1) is 0 Å². The lowest BCUT2D eigenvalue weighted by Gasteiger charge is -2.38. The molecule has 0 aliphatic carbocycles. The van der Waals surface area contributed by atoms with Crippen LogP contribution in [0.2, 0.25) is 5.02 Å². The molecule has 1 aromatic carbocycles. The first-order chi connectivity index (χ1) is 15.4. The van der Waals surface area contributed by atoms with Crippen molar-refractivity contribution in [3.8, 4) is 0 Å². The lowest BCUT2D eigenvalue weighted by atomic mass is 9.89. The molecule has 2 atom stereocenters. The monoisotopic (exact) mass is 454 g/mol. The highest BCUT2D eigenvalue weighted by Gasteiger charge is 2.34. The van der Waals surface area contributed by atoms with Crippen molar-refractivity contribution in [3.63, 3.8) is 0 Å². The van der Waals surface area contributed by atoms with E-state index in [0.29, 0.717) is 30.5 Å². The molecule has 1 N–H and O–H groups in total. The second-order valence-corrected chi connectivity index (χ2v) is 8.85. The molecule has 1 saturated heterocycles. The zero-order valence-electron chi connectivity index (χ0n) is 18.1. The van der Waals surface area contributed by atoms with Crippen molar-refractivity contribution < 1.29 is 14.4 Å². The number of hydrogen-bond acceptors (Lipinski definition) is 4. The minimum absolute atomic E-state index is 0.0244. The summed E-state index contributed by atoms with van der Waals surface area (Å²) in [5, 5.41) is 3.32. The number of rotatable bonds is 4. The van der Waals surface area contributed by atoms with E-state index in [1.54, 1.807) is 28.9 Å². The highest BCUT2D eigenvalue weighted by Crippen LogP contribution is 2.33. The molecule has 2 unspecified atom stereocenters. The largest absolute Gasteiger partial charge is 0.342 e. The zero-order valence-corrected chi connectivity index (χ0v) is 18.8. The standard InChI is InChI=1S/C24H27ClN4O3/c1-16(30)29-12-10-17-5-2-3-7-20(17)21(29)13-23(31)28-11-4-6-18(15-28)24(32)27-22-9-8-19(25)14-26-22/h2-3,5,7-9,14,18,21H,4,6,10-13,15H2,1H3,(H,26,27,32). The number of benzene rings is 1. The topological polar surface area (TPSA) is 82.6 Å². The summed E-state index contributed by atoms with van der Waals surface area (Å²) in [7, 11) is 0. The number of halogens is 1. The molecule has 0 saturated carbocycles. The molecule has 1 aromatic heterocycles. The van der Waals surface area contributed by atoms with Gasteiger partial charge in [0.05, 0.1) is 23.4 Å².